The average Bonchev–Trinajstić information content (AvgIpc) is 3.00. The van der Waals surface area contributed by atoms with Gasteiger partial charge in [-0.25, -0.2) is 9.67 Å². The number of nitrogens with zero attached hydrogens (tertiary/aromatic N) is 4. The number of aromatic nitrogens is 3. The Balaban J connectivity index is 2.13. The minimum atomic E-state index is -0.275. The van der Waals surface area contributed by atoms with Gasteiger partial charge in [0.25, 0.3) is 0 Å². The minimum absolute atomic E-state index is 0.275. The predicted octanol–water partition coefficient (Wildman–Crippen LogP) is 1.67. The molecule has 0 saturated heterocycles. The van der Waals surface area contributed by atoms with Gasteiger partial charge in [0, 0.05) is 6.54 Å². The summed E-state index contributed by atoms with van der Waals surface area (Å²) >= 11 is 0. The lowest BCUT2D eigenvalue weighted by Gasteiger charge is -2.34. The van der Waals surface area contributed by atoms with E-state index in [1.54, 1.807) is 6.33 Å². The number of ketones is 1. The van der Waals surface area contributed by atoms with Crippen molar-refractivity contribution in [2.45, 2.75) is 57.5 Å². The van der Waals surface area contributed by atoms with Crippen LogP contribution in [0, 0.1) is 0 Å². The second kappa shape index (κ2) is 5.82. The summed E-state index contributed by atoms with van der Waals surface area (Å²) in [5.74, 6) is 1.10. The van der Waals surface area contributed by atoms with E-state index in [0.29, 0.717) is 12.2 Å². The van der Waals surface area contributed by atoms with Crippen LogP contribution >= 0.6 is 0 Å². The van der Waals surface area contributed by atoms with Gasteiger partial charge in [-0.3, -0.25) is 9.69 Å². The van der Waals surface area contributed by atoms with Gasteiger partial charge < -0.3 is 0 Å². The number of likely N-dealkylation sites (N-methyl/N-ethyl adjacent to an activating group) is 1. The molecule has 0 N–H and O–H groups in total. The molecule has 19 heavy (non-hydrogen) atoms. The molecule has 1 aromatic rings. The quantitative estimate of drug-likeness (QED) is 0.784. The van der Waals surface area contributed by atoms with Crippen LogP contribution in [0.25, 0.3) is 0 Å². The average molecular weight is 264 g/mol. The van der Waals surface area contributed by atoms with E-state index in [1.165, 1.54) is 0 Å². The predicted molar refractivity (Wildman–Crippen MR) is 73.9 cm³/mol. The third kappa shape index (κ3) is 2.71. The zero-order chi connectivity index (χ0) is 13.9. The van der Waals surface area contributed by atoms with Crippen LogP contribution < -0.4 is 0 Å². The molecule has 1 fully saturated rings. The molecule has 2 rings (SSSR count). The minimum Gasteiger partial charge on any atom is -0.297 e. The molecule has 0 unspecified atom stereocenters. The Labute approximate surface area is 115 Å². The summed E-state index contributed by atoms with van der Waals surface area (Å²) in [6.45, 7) is 2.93. The SMILES string of the molecule is CCCn1ncnc1CC(=O)C1(N(C)C)CCCC1. The van der Waals surface area contributed by atoms with Crippen molar-refractivity contribution in [2.75, 3.05) is 14.1 Å². The Morgan fingerprint density at radius 2 is 2.11 bits per heavy atom. The summed E-state index contributed by atoms with van der Waals surface area (Å²) in [6.07, 6.45) is 7.19. The number of carbonyl (C=O) groups excluding carboxylic acids is 1. The fraction of sp³-hybridized carbons (Fsp3) is 0.786. The lowest BCUT2D eigenvalue weighted by atomic mass is 9.88. The fourth-order valence-electron chi connectivity index (χ4n) is 3.07. The molecule has 1 heterocycles. The smallest absolute Gasteiger partial charge is 0.160 e. The normalized spacial score (nSPS) is 18.1. The van der Waals surface area contributed by atoms with Gasteiger partial charge in [-0.1, -0.05) is 19.8 Å². The Hall–Kier alpha value is -1.23. The van der Waals surface area contributed by atoms with E-state index in [0.717, 1.165) is 44.5 Å². The number of Topliss-reactive ketones (excluding diaryl/α,β-unsaturated/α-hetero) is 1. The molecule has 1 aromatic heterocycles. The molecule has 5 nitrogen and oxygen atoms in total. The number of hydrogen-bond acceptors (Lipinski definition) is 4. The molecule has 1 saturated carbocycles. The zero-order valence-corrected chi connectivity index (χ0v) is 12.2. The van der Waals surface area contributed by atoms with Gasteiger partial charge in [0.1, 0.15) is 12.2 Å². The molecular weight excluding hydrogens is 240 g/mol. The van der Waals surface area contributed by atoms with Crippen molar-refractivity contribution < 1.29 is 4.79 Å². The fourth-order valence-corrected chi connectivity index (χ4v) is 3.07. The van der Waals surface area contributed by atoms with Crippen molar-refractivity contribution in [2.24, 2.45) is 0 Å². The van der Waals surface area contributed by atoms with E-state index < -0.39 is 0 Å². The Bertz CT molecular complexity index is 432. The van der Waals surface area contributed by atoms with Gasteiger partial charge in [0.05, 0.1) is 12.0 Å². The maximum absolute atomic E-state index is 12.7. The summed E-state index contributed by atoms with van der Waals surface area (Å²) in [4.78, 5) is 19.1. The summed E-state index contributed by atoms with van der Waals surface area (Å²) in [5.41, 5.74) is -0.275. The number of rotatable bonds is 6. The molecule has 1 aliphatic carbocycles. The molecule has 5 heteroatoms. The maximum atomic E-state index is 12.7. The standard InChI is InChI=1S/C14H24N4O/c1-4-9-18-13(15-11-16-18)10-12(19)14(17(2)3)7-5-6-8-14/h11H,4-10H2,1-3H3. The van der Waals surface area contributed by atoms with E-state index >= 15 is 0 Å². The molecule has 0 aromatic carbocycles. The third-order valence-electron chi connectivity index (χ3n) is 4.26. The first-order valence-electron chi connectivity index (χ1n) is 7.17. The first-order valence-corrected chi connectivity index (χ1v) is 7.17. The molecular formula is C14H24N4O. The van der Waals surface area contributed by atoms with Crippen molar-refractivity contribution in [1.82, 2.24) is 19.7 Å². The number of aryl methyl sites for hydroxylation is 1. The van der Waals surface area contributed by atoms with Crippen LogP contribution in [0.2, 0.25) is 0 Å². The first kappa shape index (κ1) is 14.2. The van der Waals surface area contributed by atoms with Gasteiger partial charge in [-0.2, -0.15) is 5.10 Å². The van der Waals surface area contributed by atoms with Gasteiger partial charge in [-0.15, -0.1) is 0 Å². The number of carbonyl (C=O) groups is 1. The zero-order valence-electron chi connectivity index (χ0n) is 12.2. The van der Waals surface area contributed by atoms with Gasteiger partial charge in [0.2, 0.25) is 0 Å². The first-order chi connectivity index (χ1) is 9.10. The Morgan fingerprint density at radius 3 is 2.68 bits per heavy atom. The molecule has 0 aliphatic heterocycles. The highest BCUT2D eigenvalue weighted by Crippen LogP contribution is 2.35. The molecule has 0 radical (unpaired) electrons. The summed E-state index contributed by atoms with van der Waals surface area (Å²) < 4.78 is 1.86. The van der Waals surface area contributed by atoms with E-state index in [9.17, 15) is 4.79 Å². The molecule has 0 atom stereocenters. The van der Waals surface area contributed by atoms with Crippen LogP contribution in [0.1, 0.15) is 44.9 Å². The van der Waals surface area contributed by atoms with Gasteiger partial charge in [-0.05, 0) is 33.4 Å². The molecule has 0 bridgehead atoms. The third-order valence-corrected chi connectivity index (χ3v) is 4.26. The Morgan fingerprint density at radius 1 is 1.42 bits per heavy atom. The maximum Gasteiger partial charge on any atom is 0.160 e. The highest BCUT2D eigenvalue weighted by atomic mass is 16.1. The van der Waals surface area contributed by atoms with E-state index in [2.05, 4.69) is 21.9 Å². The second-order valence-electron chi connectivity index (χ2n) is 5.63. The Kier molecular flexibility index (Phi) is 4.34. The van der Waals surface area contributed by atoms with Crippen LogP contribution in [-0.2, 0) is 17.8 Å². The van der Waals surface area contributed by atoms with Crippen molar-refractivity contribution in [3.8, 4) is 0 Å². The van der Waals surface area contributed by atoms with Crippen LogP contribution in [0.15, 0.2) is 6.33 Å². The summed E-state index contributed by atoms with van der Waals surface area (Å²) in [7, 11) is 4.03. The van der Waals surface area contributed by atoms with Crippen molar-refractivity contribution in [1.29, 1.82) is 0 Å². The van der Waals surface area contributed by atoms with E-state index in [-0.39, 0.29) is 5.54 Å². The van der Waals surface area contributed by atoms with Crippen molar-refractivity contribution in [3.05, 3.63) is 12.2 Å². The largest absolute Gasteiger partial charge is 0.297 e. The number of hydrogen-bond donors (Lipinski definition) is 0. The molecule has 0 amide bonds. The summed E-state index contributed by atoms with van der Waals surface area (Å²) in [5, 5.41) is 4.19. The topological polar surface area (TPSA) is 51.0 Å². The van der Waals surface area contributed by atoms with Gasteiger partial charge in [0.15, 0.2) is 5.78 Å². The lowest BCUT2D eigenvalue weighted by molar-refractivity contribution is -0.129. The van der Waals surface area contributed by atoms with E-state index in [4.69, 9.17) is 0 Å². The molecule has 106 valence electrons. The van der Waals surface area contributed by atoms with Crippen LogP contribution in [0.3, 0.4) is 0 Å². The van der Waals surface area contributed by atoms with E-state index in [1.807, 2.05) is 18.8 Å². The highest BCUT2D eigenvalue weighted by molar-refractivity contribution is 5.90. The molecule has 0 spiro atoms. The second-order valence-corrected chi connectivity index (χ2v) is 5.63. The van der Waals surface area contributed by atoms with Gasteiger partial charge >= 0.3 is 0 Å². The van der Waals surface area contributed by atoms with Crippen molar-refractivity contribution >= 4 is 5.78 Å². The van der Waals surface area contributed by atoms with Crippen LogP contribution in [0.5, 0.6) is 0 Å². The van der Waals surface area contributed by atoms with Crippen LogP contribution in [-0.4, -0.2) is 45.1 Å². The monoisotopic (exact) mass is 264 g/mol. The molecule has 1 aliphatic rings. The van der Waals surface area contributed by atoms with Crippen molar-refractivity contribution in [3.63, 3.8) is 0 Å². The summed E-state index contributed by atoms with van der Waals surface area (Å²) in [6, 6.07) is 0. The van der Waals surface area contributed by atoms with Crippen LogP contribution in [0.4, 0.5) is 0 Å². The lowest BCUT2D eigenvalue weighted by Crippen LogP contribution is -2.49. The highest BCUT2D eigenvalue weighted by Gasteiger charge is 2.42.